The molecule has 1 aliphatic heterocycles. The van der Waals surface area contributed by atoms with E-state index in [1.807, 2.05) is 0 Å². The Hall–Kier alpha value is -0.970. The van der Waals surface area contributed by atoms with Crippen LogP contribution in [0.3, 0.4) is 0 Å². The van der Waals surface area contributed by atoms with Gasteiger partial charge in [-0.1, -0.05) is 23.2 Å². The van der Waals surface area contributed by atoms with E-state index in [1.165, 1.54) is 0 Å². The zero-order valence-corrected chi connectivity index (χ0v) is 12.7. The van der Waals surface area contributed by atoms with Gasteiger partial charge in [0.1, 0.15) is 5.75 Å². The highest BCUT2D eigenvalue weighted by atomic mass is 35.5. The molecule has 4 nitrogen and oxygen atoms in total. The van der Waals surface area contributed by atoms with E-state index < -0.39 is 6.10 Å². The lowest BCUT2D eigenvalue weighted by Gasteiger charge is -2.17. The number of benzene rings is 1. The summed E-state index contributed by atoms with van der Waals surface area (Å²) in [5.41, 5.74) is 0. The zero-order chi connectivity index (χ0) is 14.5. The number of halogens is 2. The molecule has 1 amide bonds. The van der Waals surface area contributed by atoms with E-state index >= 15 is 0 Å². The number of hydrogen-bond donors (Lipinski definition) is 1. The lowest BCUT2D eigenvalue weighted by molar-refractivity contribution is -0.127. The molecular formula is C14H17Cl2NO3. The second-order valence-corrected chi connectivity index (χ2v) is 5.56. The molecule has 0 saturated carbocycles. The van der Waals surface area contributed by atoms with Crippen LogP contribution in [-0.2, 0) is 9.53 Å². The van der Waals surface area contributed by atoms with Gasteiger partial charge in [0.05, 0.1) is 11.1 Å². The highest BCUT2D eigenvalue weighted by Gasteiger charge is 2.20. The molecule has 1 aliphatic rings. The van der Waals surface area contributed by atoms with Crippen molar-refractivity contribution in [3.8, 4) is 5.75 Å². The van der Waals surface area contributed by atoms with Crippen molar-refractivity contribution in [2.45, 2.75) is 32.0 Å². The summed E-state index contributed by atoms with van der Waals surface area (Å²) in [6, 6.07) is 4.89. The van der Waals surface area contributed by atoms with E-state index in [2.05, 4.69) is 5.32 Å². The molecule has 110 valence electrons. The summed E-state index contributed by atoms with van der Waals surface area (Å²) in [5, 5.41) is 3.75. The van der Waals surface area contributed by atoms with Crippen LogP contribution in [0.1, 0.15) is 19.8 Å². The monoisotopic (exact) mass is 317 g/mol. The number of carbonyl (C=O) groups excluding carboxylic acids is 1. The molecule has 2 rings (SSSR count). The molecule has 1 N–H and O–H groups in total. The van der Waals surface area contributed by atoms with Gasteiger partial charge in [-0.15, -0.1) is 0 Å². The number of amides is 1. The fraction of sp³-hybridized carbons (Fsp3) is 0.500. The van der Waals surface area contributed by atoms with Crippen LogP contribution in [0.2, 0.25) is 10.0 Å². The smallest absolute Gasteiger partial charge is 0.260 e. The van der Waals surface area contributed by atoms with Crippen molar-refractivity contribution in [2.75, 3.05) is 13.2 Å². The van der Waals surface area contributed by atoms with E-state index in [1.54, 1.807) is 25.1 Å². The molecule has 2 atom stereocenters. The second-order valence-electron chi connectivity index (χ2n) is 4.72. The minimum Gasteiger partial charge on any atom is -0.479 e. The van der Waals surface area contributed by atoms with Gasteiger partial charge in [0.15, 0.2) is 6.10 Å². The Balaban J connectivity index is 1.85. The molecule has 1 saturated heterocycles. The molecule has 0 spiro atoms. The third-order valence-electron chi connectivity index (χ3n) is 3.09. The predicted octanol–water partition coefficient (Wildman–Crippen LogP) is 3.06. The van der Waals surface area contributed by atoms with Gasteiger partial charge in [0.25, 0.3) is 5.91 Å². The van der Waals surface area contributed by atoms with Gasteiger partial charge < -0.3 is 14.8 Å². The van der Waals surface area contributed by atoms with E-state index in [4.69, 9.17) is 32.7 Å². The molecule has 0 aromatic heterocycles. The highest BCUT2D eigenvalue weighted by molar-refractivity contribution is 6.34. The first-order chi connectivity index (χ1) is 9.56. The summed E-state index contributed by atoms with van der Waals surface area (Å²) < 4.78 is 11.0. The van der Waals surface area contributed by atoms with Crippen LogP contribution in [0.25, 0.3) is 0 Å². The zero-order valence-electron chi connectivity index (χ0n) is 11.2. The normalized spacial score (nSPS) is 19.6. The van der Waals surface area contributed by atoms with Crippen LogP contribution in [0.15, 0.2) is 18.2 Å². The van der Waals surface area contributed by atoms with Gasteiger partial charge in [0.2, 0.25) is 0 Å². The van der Waals surface area contributed by atoms with E-state index in [9.17, 15) is 4.79 Å². The van der Waals surface area contributed by atoms with Crippen LogP contribution in [0.5, 0.6) is 5.75 Å². The van der Waals surface area contributed by atoms with Crippen molar-refractivity contribution in [3.63, 3.8) is 0 Å². The Morgan fingerprint density at radius 1 is 1.55 bits per heavy atom. The average Bonchev–Trinajstić information content (AvgIpc) is 2.93. The number of nitrogens with one attached hydrogen (secondary N) is 1. The maximum atomic E-state index is 11.9. The Bertz CT molecular complexity index is 475. The Morgan fingerprint density at radius 3 is 3.05 bits per heavy atom. The Morgan fingerprint density at radius 2 is 2.35 bits per heavy atom. The predicted molar refractivity (Wildman–Crippen MR) is 78.5 cm³/mol. The quantitative estimate of drug-likeness (QED) is 0.908. The molecule has 1 aromatic rings. The minimum absolute atomic E-state index is 0.112. The van der Waals surface area contributed by atoms with Gasteiger partial charge in [-0.2, -0.15) is 0 Å². The lowest BCUT2D eigenvalue weighted by atomic mass is 10.2. The van der Waals surface area contributed by atoms with Crippen LogP contribution < -0.4 is 10.1 Å². The topological polar surface area (TPSA) is 47.6 Å². The number of ether oxygens (including phenoxy) is 2. The van der Waals surface area contributed by atoms with E-state index in [0.29, 0.717) is 22.3 Å². The van der Waals surface area contributed by atoms with E-state index in [0.717, 1.165) is 19.4 Å². The van der Waals surface area contributed by atoms with E-state index in [-0.39, 0.29) is 12.0 Å². The molecular weight excluding hydrogens is 301 g/mol. The van der Waals surface area contributed by atoms with Crippen LogP contribution >= 0.6 is 23.2 Å². The molecule has 0 aliphatic carbocycles. The second kappa shape index (κ2) is 7.16. The standard InChI is InChI=1S/C14H17Cl2NO3/c1-9(14(18)17-8-11-3-2-6-19-11)20-13-7-10(15)4-5-12(13)16/h4-5,7,9,11H,2-3,6,8H2,1H3,(H,17,18)/t9-,11+/m0/s1. The fourth-order valence-electron chi connectivity index (χ4n) is 1.97. The van der Waals surface area contributed by atoms with Crippen molar-refractivity contribution in [1.82, 2.24) is 5.32 Å². The van der Waals surface area contributed by atoms with Gasteiger partial charge >= 0.3 is 0 Å². The minimum atomic E-state index is -0.646. The average molecular weight is 318 g/mol. The molecule has 0 unspecified atom stereocenters. The largest absolute Gasteiger partial charge is 0.479 e. The van der Waals surface area contributed by atoms with Crippen molar-refractivity contribution < 1.29 is 14.3 Å². The molecule has 1 heterocycles. The molecule has 6 heteroatoms. The third kappa shape index (κ3) is 4.27. The summed E-state index contributed by atoms with van der Waals surface area (Å²) in [5.74, 6) is 0.204. The highest BCUT2D eigenvalue weighted by Crippen LogP contribution is 2.28. The molecule has 1 fully saturated rings. The Kier molecular flexibility index (Phi) is 5.52. The van der Waals surface area contributed by atoms with Crippen molar-refractivity contribution in [2.24, 2.45) is 0 Å². The summed E-state index contributed by atoms with van der Waals surface area (Å²) >= 11 is 11.9. The van der Waals surface area contributed by atoms with Gasteiger partial charge in [0, 0.05) is 24.2 Å². The summed E-state index contributed by atoms with van der Waals surface area (Å²) in [6.07, 6.45) is 1.49. The first-order valence-electron chi connectivity index (χ1n) is 6.57. The summed E-state index contributed by atoms with van der Waals surface area (Å²) in [4.78, 5) is 11.9. The first kappa shape index (κ1) is 15.4. The number of rotatable bonds is 5. The summed E-state index contributed by atoms with van der Waals surface area (Å²) in [7, 11) is 0. The van der Waals surface area contributed by atoms with Crippen LogP contribution in [0, 0.1) is 0 Å². The van der Waals surface area contributed by atoms with Crippen molar-refractivity contribution in [1.29, 1.82) is 0 Å². The number of hydrogen-bond acceptors (Lipinski definition) is 3. The van der Waals surface area contributed by atoms with Gasteiger partial charge in [-0.3, -0.25) is 4.79 Å². The lowest BCUT2D eigenvalue weighted by Crippen LogP contribution is -2.40. The molecule has 1 aromatic carbocycles. The van der Waals surface area contributed by atoms with Crippen molar-refractivity contribution >= 4 is 29.1 Å². The maximum Gasteiger partial charge on any atom is 0.260 e. The molecule has 20 heavy (non-hydrogen) atoms. The van der Waals surface area contributed by atoms with Gasteiger partial charge in [-0.05, 0) is 31.9 Å². The number of carbonyl (C=O) groups is 1. The first-order valence-corrected chi connectivity index (χ1v) is 7.33. The molecule has 0 bridgehead atoms. The Labute approximate surface area is 128 Å². The maximum absolute atomic E-state index is 11.9. The molecule has 0 radical (unpaired) electrons. The van der Waals surface area contributed by atoms with Gasteiger partial charge in [-0.25, -0.2) is 0 Å². The third-order valence-corrected chi connectivity index (χ3v) is 3.64. The fourth-order valence-corrected chi connectivity index (χ4v) is 2.30. The van der Waals surface area contributed by atoms with Crippen LogP contribution in [-0.4, -0.2) is 31.3 Å². The van der Waals surface area contributed by atoms with Crippen LogP contribution in [0.4, 0.5) is 0 Å². The SMILES string of the molecule is C[C@H](Oc1cc(Cl)ccc1Cl)C(=O)NC[C@H]1CCCO1. The summed E-state index contributed by atoms with van der Waals surface area (Å²) in [6.45, 7) is 2.95. The van der Waals surface area contributed by atoms with Crippen molar-refractivity contribution in [3.05, 3.63) is 28.2 Å².